The molecule has 0 radical (unpaired) electrons. The first-order chi connectivity index (χ1) is 10.1. The van der Waals surface area contributed by atoms with Crippen LogP contribution in [0.2, 0.25) is 5.15 Å². The number of rotatable bonds is 3. The summed E-state index contributed by atoms with van der Waals surface area (Å²) in [6.07, 6.45) is 3.38. The molecule has 0 aliphatic rings. The number of anilines is 2. The molecule has 0 amide bonds. The topological polar surface area (TPSA) is 81.0 Å². The lowest BCUT2D eigenvalue weighted by molar-refractivity contribution is -0.384. The summed E-state index contributed by atoms with van der Waals surface area (Å²) in [5.74, 6) is 0.108. The molecule has 0 saturated heterocycles. The standard InChI is InChI=1S/C14H9ClN4O2/c15-13-5-4-12(19(20)21)14(18-13)17-11-3-1-2-9-8-16-7-6-10(9)11/h1-8H,(H,17,18). The maximum Gasteiger partial charge on any atom is 0.311 e. The quantitative estimate of drug-likeness (QED) is 0.450. The summed E-state index contributed by atoms with van der Waals surface area (Å²) < 4.78 is 0. The number of halogens is 1. The van der Waals surface area contributed by atoms with Crippen LogP contribution in [0.25, 0.3) is 10.8 Å². The maximum absolute atomic E-state index is 11.1. The maximum atomic E-state index is 11.1. The van der Waals surface area contributed by atoms with Crippen LogP contribution in [0.5, 0.6) is 0 Å². The second-order valence-electron chi connectivity index (χ2n) is 4.29. The Balaban J connectivity index is 2.11. The van der Waals surface area contributed by atoms with E-state index in [0.717, 1.165) is 10.8 Å². The highest BCUT2D eigenvalue weighted by atomic mass is 35.5. The van der Waals surface area contributed by atoms with Gasteiger partial charge in [-0.2, -0.15) is 0 Å². The van der Waals surface area contributed by atoms with Crippen LogP contribution in [0.4, 0.5) is 17.2 Å². The minimum atomic E-state index is -0.502. The fourth-order valence-electron chi connectivity index (χ4n) is 2.03. The van der Waals surface area contributed by atoms with Crippen molar-refractivity contribution in [3.05, 3.63) is 64.1 Å². The molecule has 104 valence electrons. The number of nitrogens with one attached hydrogen (secondary N) is 1. The number of nitro groups is 1. The molecule has 7 heteroatoms. The van der Waals surface area contributed by atoms with Gasteiger partial charge in [0.1, 0.15) is 5.15 Å². The first-order valence-electron chi connectivity index (χ1n) is 6.06. The summed E-state index contributed by atoms with van der Waals surface area (Å²) in [4.78, 5) is 18.6. The highest BCUT2D eigenvalue weighted by Gasteiger charge is 2.16. The van der Waals surface area contributed by atoms with Gasteiger partial charge in [0.15, 0.2) is 0 Å². The van der Waals surface area contributed by atoms with E-state index in [1.54, 1.807) is 12.4 Å². The first kappa shape index (κ1) is 13.3. The molecular formula is C14H9ClN4O2. The summed E-state index contributed by atoms with van der Waals surface area (Å²) in [6, 6.07) is 10.1. The van der Waals surface area contributed by atoms with Gasteiger partial charge in [-0.3, -0.25) is 15.1 Å². The first-order valence-corrected chi connectivity index (χ1v) is 6.43. The van der Waals surface area contributed by atoms with Crippen molar-refractivity contribution in [2.24, 2.45) is 0 Å². The fraction of sp³-hybridized carbons (Fsp3) is 0. The van der Waals surface area contributed by atoms with E-state index in [0.29, 0.717) is 5.69 Å². The Morgan fingerprint density at radius 1 is 1.19 bits per heavy atom. The number of hydrogen-bond acceptors (Lipinski definition) is 5. The molecular weight excluding hydrogens is 292 g/mol. The van der Waals surface area contributed by atoms with Crippen molar-refractivity contribution in [3.63, 3.8) is 0 Å². The van der Waals surface area contributed by atoms with E-state index in [9.17, 15) is 10.1 Å². The van der Waals surface area contributed by atoms with Crippen LogP contribution in [0.1, 0.15) is 0 Å². The van der Waals surface area contributed by atoms with E-state index >= 15 is 0 Å². The van der Waals surface area contributed by atoms with Crippen LogP contribution >= 0.6 is 11.6 Å². The van der Waals surface area contributed by atoms with Crippen molar-refractivity contribution in [1.29, 1.82) is 0 Å². The van der Waals surface area contributed by atoms with Gasteiger partial charge in [-0.15, -0.1) is 0 Å². The Hall–Kier alpha value is -2.73. The summed E-state index contributed by atoms with van der Waals surface area (Å²) in [7, 11) is 0. The lowest BCUT2D eigenvalue weighted by atomic mass is 10.1. The van der Waals surface area contributed by atoms with Gasteiger partial charge in [0.05, 0.1) is 4.92 Å². The Bertz CT molecular complexity index is 833. The smallest absolute Gasteiger partial charge is 0.311 e. The van der Waals surface area contributed by atoms with Gasteiger partial charge in [0, 0.05) is 34.9 Å². The monoisotopic (exact) mass is 300 g/mol. The zero-order valence-corrected chi connectivity index (χ0v) is 11.4. The number of benzene rings is 1. The van der Waals surface area contributed by atoms with Crippen LogP contribution in [-0.2, 0) is 0 Å². The third-order valence-electron chi connectivity index (χ3n) is 2.97. The molecule has 0 bridgehead atoms. The van der Waals surface area contributed by atoms with Gasteiger partial charge in [-0.25, -0.2) is 4.98 Å². The number of nitrogens with zero attached hydrogens (tertiary/aromatic N) is 3. The van der Waals surface area contributed by atoms with E-state index in [2.05, 4.69) is 15.3 Å². The van der Waals surface area contributed by atoms with Gasteiger partial charge in [-0.1, -0.05) is 23.7 Å². The zero-order chi connectivity index (χ0) is 14.8. The molecule has 0 fully saturated rings. The average Bonchev–Trinajstić information content (AvgIpc) is 2.47. The van der Waals surface area contributed by atoms with Gasteiger partial charge < -0.3 is 5.32 Å². The average molecular weight is 301 g/mol. The lowest BCUT2D eigenvalue weighted by Gasteiger charge is -2.09. The molecule has 6 nitrogen and oxygen atoms in total. The van der Waals surface area contributed by atoms with Gasteiger partial charge in [0.25, 0.3) is 0 Å². The Labute approximate surface area is 124 Å². The highest BCUT2D eigenvalue weighted by molar-refractivity contribution is 6.29. The third-order valence-corrected chi connectivity index (χ3v) is 3.18. The van der Waals surface area contributed by atoms with Crippen molar-refractivity contribution in [2.75, 3.05) is 5.32 Å². The summed E-state index contributed by atoms with van der Waals surface area (Å²) in [5.41, 5.74) is 0.568. The molecule has 0 saturated carbocycles. The molecule has 1 aromatic carbocycles. The van der Waals surface area contributed by atoms with Crippen molar-refractivity contribution < 1.29 is 4.92 Å². The lowest BCUT2D eigenvalue weighted by Crippen LogP contribution is -2.00. The van der Waals surface area contributed by atoms with Crippen molar-refractivity contribution in [2.45, 2.75) is 0 Å². The second-order valence-corrected chi connectivity index (χ2v) is 4.67. The second kappa shape index (κ2) is 5.34. The number of pyridine rings is 2. The Morgan fingerprint density at radius 2 is 2.05 bits per heavy atom. The van der Waals surface area contributed by atoms with E-state index in [1.165, 1.54) is 12.1 Å². The van der Waals surface area contributed by atoms with E-state index in [-0.39, 0.29) is 16.7 Å². The predicted octanol–water partition coefficient (Wildman–Crippen LogP) is 3.94. The molecule has 2 aromatic heterocycles. The van der Waals surface area contributed by atoms with Gasteiger partial charge >= 0.3 is 5.69 Å². The number of fused-ring (bicyclic) bond motifs is 1. The van der Waals surface area contributed by atoms with Crippen LogP contribution in [0.15, 0.2) is 48.8 Å². The number of hydrogen-bond donors (Lipinski definition) is 1. The predicted molar refractivity (Wildman–Crippen MR) is 80.9 cm³/mol. The normalized spacial score (nSPS) is 10.5. The molecule has 0 atom stereocenters. The van der Waals surface area contributed by atoms with Crippen LogP contribution in [-0.4, -0.2) is 14.9 Å². The molecule has 3 aromatic rings. The molecule has 1 N–H and O–H groups in total. The van der Waals surface area contributed by atoms with Crippen molar-refractivity contribution in [1.82, 2.24) is 9.97 Å². The van der Waals surface area contributed by atoms with Crippen LogP contribution in [0, 0.1) is 10.1 Å². The summed E-state index contributed by atoms with van der Waals surface area (Å²) in [5, 5.41) is 16.0. The third kappa shape index (κ3) is 2.61. The molecule has 0 spiro atoms. The Morgan fingerprint density at radius 3 is 2.86 bits per heavy atom. The van der Waals surface area contributed by atoms with Crippen molar-refractivity contribution in [3.8, 4) is 0 Å². The summed E-state index contributed by atoms with van der Waals surface area (Å²) >= 11 is 5.82. The molecule has 0 aliphatic heterocycles. The van der Waals surface area contributed by atoms with Crippen LogP contribution < -0.4 is 5.32 Å². The molecule has 2 heterocycles. The summed E-state index contributed by atoms with van der Waals surface area (Å²) in [6.45, 7) is 0. The van der Waals surface area contributed by atoms with Crippen molar-refractivity contribution >= 4 is 39.6 Å². The SMILES string of the molecule is O=[N+]([O-])c1ccc(Cl)nc1Nc1cccc2cnccc12. The molecule has 3 rings (SSSR count). The fourth-order valence-corrected chi connectivity index (χ4v) is 2.17. The van der Waals surface area contributed by atoms with E-state index < -0.39 is 4.92 Å². The number of aromatic nitrogens is 2. The minimum absolute atomic E-state index is 0.108. The van der Waals surface area contributed by atoms with Gasteiger partial charge in [-0.05, 0) is 18.2 Å². The molecule has 0 unspecified atom stereocenters. The Kier molecular flexibility index (Phi) is 3.37. The largest absolute Gasteiger partial charge is 0.334 e. The van der Waals surface area contributed by atoms with E-state index in [4.69, 9.17) is 11.6 Å². The molecule has 21 heavy (non-hydrogen) atoms. The van der Waals surface area contributed by atoms with Crippen LogP contribution in [0.3, 0.4) is 0 Å². The van der Waals surface area contributed by atoms with E-state index in [1.807, 2.05) is 24.3 Å². The molecule has 0 aliphatic carbocycles. The highest BCUT2D eigenvalue weighted by Crippen LogP contribution is 2.30. The zero-order valence-electron chi connectivity index (χ0n) is 10.7. The minimum Gasteiger partial charge on any atom is -0.334 e. The van der Waals surface area contributed by atoms with Gasteiger partial charge in [0.2, 0.25) is 5.82 Å².